The first-order valence-electron chi connectivity index (χ1n) is 6.11. The second-order valence-electron chi connectivity index (χ2n) is 4.69. The number of carbonyl (C=O) groups excluding carboxylic acids is 2. The Bertz CT molecular complexity index is 274. The lowest BCUT2D eigenvalue weighted by Gasteiger charge is -2.31. The third-order valence-electron chi connectivity index (χ3n) is 2.83. The minimum atomic E-state index is -1.20. The van der Waals surface area contributed by atoms with Gasteiger partial charge in [0.25, 0.3) is 0 Å². The van der Waals surface area contributed by atoms with Crippen molar-refractivity contribution in [2.75, 3.05) is 0 Å². The van der Waals surface area contributed by atoms with Crippen molar-refractivity contribution in [3.8, 4) is 0 Å². The van der Waals surface area contributed by atoms with Gasteiger partial charge in [-0.25, -0.2) is 4.79 Å². The molecule has 0 unspecified atom stereocenters. The van der Waals surface area contributed by atoms with Crippen LogP contribution in [0.3, 0.4) is 0 Å². The number of rotatable bonds is 4. The van der Waals surface area contributed by atoms with Crippen molar-refractivity contribution >= 4 is 35.1 Å². The maximum Gasteiger partial charge on any atom is 0.339 e. The molecule has 0 aromatic heterocycles. The maximum absolute atomic E-state index is 11.6. The molecule has 0 spiro atoms. The number of ether oxygens (including phenoxy) is 2. The predicted molar refractivity (Wildman–Crippen MR) is 68.6 cm³/mol. The molecule has 0 radical (unpaired) electrons. The number of carbonyl (C=O) groups is 2. The molecule has 0 saturated heterocycles. The minimum Gasteiger partial charge on any atom is -0.458 e. The molecule has 0 aliphatic heterocycles. The average Bonchev–Trinajstić information content (AvgIpc) is 2.31. The van der Waals surface area contributed by atoms with Crippen molar-refractivity contribution in [1.82, 2.24) is 0 Å². The Kier molecular flexibility index (Phi) is 6.22. The summed E-state index contributed by atoms with van der Waals surface area (Å²) in [5.74, 6) is -1.16. The van der Waals surface area contributed by atoms with Gasteiger partial charge in [-0.2, -0.15) is 0 Å². The van der Waals surface area contributed by atoms with Crippen molar-refractivity contribution in [2.24, 2.45) is 5.92 Å². The second kappa shape index (κ2) is 7.19. The molecule has 1 rings (SSSR count). The summed E-state index contributed by atoms with van der Waals surface area (Å²) in [6, 6.07) is 0. The molecule has 104 valence electrons. The molecule has 2 atom stereocenters. The Morgan fingerprint density at radius 2 is 1.44 bits per heavy atom. The van der Waals surface area contributed by atoms with E-state index in [1.807, 2.05) is 0 Å². The Morgan fingerprint density at radius 1 is 1.00 bits per heavy atom. The van der Waals surface area contributed by atoms with Crippen molar-refractivity contribution in [3.05, 3.63) is 0 Å². The van der Waals surface area contributed by atoms with Crippen LogP contribution in [-0.2, 0) is 19.1 Å². The van der Waals surface area contributed by atoms with E-state index in [9.17, 15) is 9.59 Å². The lowest BCUT2D eigenvalue weighted by Crippen LogP contribution is -2.39. The van der Waals surface area contributed by atoms with Gasteiger partial charge in [-0.05, 0) is 25.7 Å². The van der Waals surface area contributed by atoms with Gasteiger partial charge < -0.3 is 9.47 Å². The van der Waals surface area contributed by atoms with Gasteiger partial charge in [0.1, 0.15) is 12.2 Å². The fourth-order valence-corrected chi connectivity index (χ4v) is 1.92. The number of esters is 2. The van der Waals surface area contributed by atoms with E-state index in [0.717, 1.165) is 12.8 Å². The smallest absolute Gasteiger partial charge is 0.339 e. The van der Waals surface area contributed by atoms with Gasteiger partial charge in [-0.3, -0.25) is 4.79 Å². The molecule has 0 N–H and O–H groups in total. The van der Waals surface area contributed by atoms with Gasteiger partial charge in [0.05, 0.1) is 5.92 Å². The molecule has 0 amide bonds. The molecule has 0 bridgehead atoms. The molecule has 1 fully saturated rings. The largest absolute Gasteiger partial charge is 0.458 e. The molecule has 0 heterocycles. The highest BCUT2D eigenvalue weighted by Crippen LogP contribution is 2.25. The summed E-state index contributed by atoms with van der Waals surface area (Å²) in [6.07, 6.45) is 2.44. The summed E-state index contributed by atoms with van der Waals surface area (Å²) in [7, 11) is 0. The highest BCUT2D eigenvalue weighted by Gasteiger charge is 2.33. The van der Waals surface area contributed by atoms with Crippen LogP contribution in [0.4, 0.5) is 0 Å². The van der Waals surface area contributed by atoms with Gasteiger partial charge in [-0.15, -0.1) is 0 Å². The van der Waals surface area contributed by atoms with E-state index in [4.69, 9.17) is 32.7 Å². The highest BCUT2D eigenvalue weighted by molar-refractivity contribution is 6.52. The zero-order chi connectivity index (χ0) is 13.7. The van der Waals surface area contributed by atoms with Crippen molar-refractivity contribution < 1.29 is 19.1 Å². The van der Waals surface area contributed by atoms with Gasteiger partial charge in [0.2, 0.25) is 4.84 Å². The maximum atomic E-state index is 11.6. The van der Waals surface area contributed by atoms with Crippen molar-refractivity contribution in [1.29, 1.82) is 0 Å². The van der Waals surface area contributed by atoms with E-state index < -0.39 is 16.9 Å². The Balaban J connectivity index is 2.57. The van der Waals surface area contributed by atoms with E-state index in [-0.39, 0.29) is 18.0 Å². The average molecular weight is 297 g/mol. The van der Waals surface area contributed by atoms with Crippen LogP contribution >= 0.6 is 23.2 Å². The van der Waals surface area contributed by atoms with Crippen molar-refractivity contribution in [2.45, 2.75) is 56.6 Å². The third-order valence-corrected chi connectivity index (χ3v) is 3.18. The third kappa shape index (κ3) is 4.65. The predicted octanol–water partition coefficient (Wildman–Crippen LogP) is 2.84. The van der Waals surface area contributed by atoms with Crippen LogP contribution in [0.1, 0.15) is 39.5 Å². The Morgan fingerprint density at radius 3 is 1.83 bits per heavy atom. The van der Waals surface area contributed by atoms with Crippen molar-refractivity contribution in [3.63, 3.8) is 0 Å². The molecule has 1 saturated carbocycles. The number of halogens is 2. The molecule has 0 aromatic rings. The first kappa shape index (κ1) is 15.6. The van der Waals surface area contributed by atoms with Crippen LogP contribution < -0.4 is 0 Å². The molecule has 1 aliphatic rings. The lowest BCUT2D eigenvalue weighted by molar-refractivity contribution is -0.172. The van der Waals surface area contributed by atoms with Crippen LogP contribution in [-0.4, -0.2) is 29.0 Å². The van der Waals surface area contributed by atoms with Crippen LogP contribution in [0.15, 0.2) is 0 Å². The Labute approximate surface area is 117 Å². The summed E-state index contributed by atoms with van der Waals surface area (Å²) in [6.45, 7) is 3.53. The number of hydrogen-bond acceptors (Lipinski definition) is 4. The second-order valence-corrected chi connectivity index (χ2v) is 5.79. The van der Waals surface area contributed by atoms with E-state index in [0.29, 0.717) is 12.8 Å². The molecule has 1 aliphatic carbocycles. The SMILES string of the molecule is CC(C)C(=O)O[C@H]1CCCC[C@H]1OC(=O)C(Cl)Cl. The fraction of sp³-hybridized carbons (Fsp3) is 0.833. The number of alkyl halides is 2. The standard InChI is InChI=1S/C12H18Cl2O4/c1-7(2)11(15)17-8-5-3-4-6-9(8)18-12(16)10(13)14/h7-10H,3-6H2,1-2H3/t8-,9+/m0/s1. The van der Waals surface area contributed by atoms with Crippen LogP contribution in [0.5, 0.6) is 0 Å². The first-order chi connectivity index (χ1) is 8.41. The topological polar surface area (TPSA) is 52.6 Å². The van der Waals surface area contributed by atoms with Crippen LogP contribution in [0.25, 0.3) is 0 Å². The van der Waals surface area contributed by atoms with Gasteiger partial charge in [-0.1, -0.05) is 37.0 Å². The monoisotopic (exact) mass is 296 g/mol. The fourth-order valence-electron chi connectivity index (χ4n) is 1.82. The summed E-state index contributed by atoms with van der Waals surface area (Å²) >= 11 is 10.9. The molecular weight excluding hydrogens is 279 g/mol. The van der Waals surface area contributed by atoms with Gasteiger partial charge in [0, 0.05) is 0 Å². The zero-order valence-electron chi connectivity index (χ0n) is 10.5. The van der Waals surface area contributed by atoms with Crippen LogP contribution in [0, 0.1) is 5.92 Å². The van der Waals surface area contributed by atoms with Crippen LogP contribution in [0.2, 0.25) is 0 Å². The molecule has 0 aromatic carbocycles. The quantitative estimate of drug-likeness (QED) is 0.591. The summed E-state index contributed by atoms with van der Waals surface area (Å²) < 4.78 is 10.5. The summed E-state index contributed by atoms with van der Waals surface area (Å²) in [5.41, 5.74) is 0. The Hall–Kier alpha value is -0.480. The van der Waals surface area contributed by atoms with Gasteiger partial charge >= 0.3 is 11.9 Å². The molecule has 4 nitrogen and oxygen atoms in total. The first-order valence-corrected chi connectivity index (χ1v) is 6.98. The summed E-state index contributed by atoms with van der Waals surface area (Å²) in [5, 5.41) is 0. The molecule has 6 heteroatoms. The molecule has 18 heavy (non-hydrogen) atoms. The molecular formula is C12H18Cl2O4. The van der Waals surface area contributed by atoms with E-state index in [1.54, 1.807) is 13.8 Å². The minimum absolute atomic E-state index is 0.197. The number of hydrogen-bond donors (Lipinski definition) is 0. The lowest BCUT2D eigenvalue weighted by atomic mass is 9.94. The van der Waals surface area contributed by atoms with Gasteiger partial charge in [0.15, 0.2) is 0 Å². The highest BCUT2D eigenvalue weighted by atomic mass is 35.5. The van der Waals surface area contributed by atoms with E-state index in [2.05, 4.69) is 0 Å². The zero-order valence-corrected chi connectivity index (χ0v) is 12.0. The summed E-state index contributed by atoms with van der Waals surface area (Å²) in [4.78, 5) is 21.7. The van der Waals surface area contributed by atoms with E-state index in [1.165, 1.54) is 0 Å². The van der Waals surface area contributed by atoms with E-state index >= 15 is 0 Å². The normalized spacial score (nSPS) is 24.1.